The van der Waals surface area contributed by atoms with Gasteiger partial charge in [0, 0.05) is 6.42 Å². The Hall–Kier alpha value is -2.48. The van der Waals surface area contributed by atoms with Gasteiger partial charge >= 0.3 is 0 Å². The topological polar surface area (TPSA) is 104 Å². The molecule has 0 bridgehead atoms. The molecule has 0 aliphatic rings. The second-order valence-electron chi connectivity index (χ2n) is 14.9. The molecule has 0 fully saturated rings. The summed E-state index contributed by atoms with van der Waals surface area (Å²) in [7, 11) is -4.36. The molecular weight excluding hydrogens is 703 g/mol. The van der Waals surface area contributed by atoms with Gasteiger partial charge in [-0.2, -0.15) is 8.42 Å². The first kappa shape index (κ1) is 52.5. The number of unbranched alkanes of at least 4 members (excludes halogenated alkanes) is 19. The van der Waals surface area contributed by atoms with Crippen molar-refractivity contribution in [2.24, 2.45) is 0 Å². The standard InChI is InChI=1S/C48H83NO5S/c1-3-5-7-9-11-13-15-17-19-21-22-23-24-25-26-28-30-32-34-36-38-40-42-44-48(51)49-46(45-55(52,53)54)47(50)43-41-39-37-35-33-31-29-27-20-18-16-14-12-10-8-6-4-2/h5,7,11,13,17,19,22-23,25-26,30,32,41,43,46-47,50H,3-4,6,8-10,12,14-16,18,20-21,24,27-29,31,33-40,42,44-45H2,1-2H3,(H,49,51)(H,52,53,54)/b7-5-,13-11-,19-17-,23-22-,26-25-,32-30-,43-41+. The number of hydrogen-bond donors (Lipinski definition) is 3. The van der Waals surface area contributed by atoms with E-state index >= 15 is 0 Å². The van der Waals surface area contributed by atoms with E-state index in [1.165, 1.54) is 83.5 Å². The number of carbonyl (C=O) groups excluding carboxylic acids is 1. The van der Waals surface area contributed by atoms with Crippen LogP contribution in [0, 0.1) is 0 Å². The molecular formula is C48H83NO5S. The smallest absolute Gasteiger partial charge is 0.267 e. The zero-order valence-electron chi connectivity index (χ0n) is 35.3. The van der Waals surface area contributed by atoms with Crippen LogP contribution in [0.25, 0.3) is 0 Å². The average molecular weight is 786 g/mol. The fourth-order valence-electron chi connectivity index (χ4n) is 6.28. The molecule has 1 amide bonds. The fraction of sp³-hybridized carbons (Fsp3) is 0.688. The van der Waals surface area contributed by atoms with Gasteiger partial charge in [0.2, 0.25) is 5.91 Å². The van der Waals surface area contributed by atoms with Crippen LogP contribution in [0.3, 0.4) is 0 Å². The molecule has 0 aromatic heterocycles. The van der Waals surface area contributed by atoms with Crippen LogP contribution in [0.1, 0.15) is 194 Å². The van der Waals surface area contributed by atoms with E-state index in [-0.39, 0.29) is 12.3 Å². The maximum absolute atomic E-state index is 12.5. The van der Waals surface area contributed by atoms with Crippen molar-refractivity contribution in [2.75, 3.05) is 5.75 Å². The van der Waals surface area contributed by atoms with Crippen molar-refractivity contribution in [1.82, 2.24) is 5.32 Å². The van der Waals surface area contributed by atoms with Gasteiger partial charge in [-0.25, -0.2) is 0 Å². The number of rotatable bonds is 39. The number of aliphatic hydroxyl groups is 1. The minimum absolute atomic E-state index is 0.261. The molecule has 0 aliphatic carbocycles. The van der Waals surface area contributed by atoms with Gasteiger partial charge in [0.05, 0.1) is 17.9 Å². The van der Waals surface area contributed by atoms with Crippen molar-refractivity contribution in [3.63, 3.8) is 0 Å². The predicted molar refractivity (Wildman–Crippen MR) is 239 cm³/mol. The maximum Gasteiger partial charge on any atom is 0.267 e. The van der Waals surface area contributed by atoms with Crippen LogP contribution in [-0.4, -0.2) is 41.9 Å². The van der Waals surface area contributed by atoms with Crippen molar-refractivity contribution in [3.8, 4) is 0 Å². The summed E-state index contributed by atoms with van der Waals surface area (Å²) in [6, 6.07) is -1.08. The Kier molecular flexibility index (Phi) is 39.3. The molecule has 0 radical (unpaired) electrons. The van der Waals surface area contributed by atoms with Crippen LogP contribution in [0.2, 0.25) is 0 Å². The molecule has 7 heteroatoms. The van der Waals surface area contributed by atoms with E-state index in [9.17, 15) is 22.9 Å². The predicted octanol–water partition coefficient (Wildman–Crippen LogP) is 13.6. The number of allylic oxidation sites excluding steroid dienone is 13. The average Bonchev–Trinajstić information content (AvgIpc) is 3.15. The molecule has 6 nitrogen and oxygen atoms in total. The van der Waals surface area contributed by atoms with Gasteiger partial charge in [0.25, 0.3) is 10.1 Å². The molecule has 316 valence electrons. The van der Waals surface area contributed by atoms with E-state index in [2.05, 4.69) is 92.1 Å². The fourth-order valence-corrected chi connectivity index (χ4v) is 7.01. The van der Waals surface area contributed by atoms with Crippen LogP contribution >= 0.6 is 0 Å². The van der Waals surface area contributed by atoms with Crippen molar-refractivity contribution in [1.29, 1.82) is 0 Å². The Bertz CT molecular complexity index is 1180. The van der Waals surface area contributed by atoms with E-state index in [4.69, 9.17) is 0 Å². The lowest BCUT2D eigenvalue weighted by Gasteiger charge is -2.21. The Morgan fingerprint density at radius 1 is 0.509 bits per heavy atom. The molecule has 2 atom stereocenters. The number of hydrogen-bond acceptors (Lipinski definition) is 4. The summed E-state index contributed by atoms with van der Waals surface area (Å²) in [6.07, 6.45) is 59.9. The number of aliphatic hydroxyl groups excluding tert-OH is 1. The zero-order valence-corrected chi connectivity index (χ0v) is 36.1. The number of carbonyl (C=O) groups is 1. The highest BCUT2D eigenvalue weighted by Gasteiger charge is 2.24. The number of nitrogens with one attached hydrogen (secondary N) is 1. The molecule has 55 heavy (non-hydrogen) atoms. The molecule has 0 rings (SSSR count). The second kappa shape index (κ2) is 41.2. The molecule has 0 aromatic carbocycles. The molecule has 0 aromatic rings. The highest BCUT2D eigenvalue weighted by atomic mass is 32.2. The lowest BCUT2D eigenvalue weighted by Crippen LogP contribution is -2.46. The Balaban J connectivity index is 3.98. The van der Waals surface area contributed by atoms with Gasteiger partial charge in [-0.05, 0) is 70.6 Å². The first-order valence-electron chi connectivity index (χ1n) is 22.3. The largest absolute Gasteiger partial charge is 0.387 e. The van der Waals surface area contributed by atoms with Crippen molar-refractivity contribution >= 4 is 16.0 Å². The Morgan fingerprint density at radius 3 is 1.29 bits per heavy atom. The summed E-state index contributed by atoms with van der Waals surface area (Å²) in [4.78, 5) is 12.5. The van der Waals surface area contributed by atoms with Crippen LogP contribution in [0.15, 0.2) is 85.1 Å². The van der Waals surface area contributed by atoms with Gasteiger partial charge in [-0.3, -0.25) is 9.35 Å². The highest BCUT2D eigenvalue weighted by Crippen LogP contribution is 2.14. The van der Waals surface area contributed by atoms with Gasteiger partial charge < -0.3 is 10.4 Å². The van der Waals surface area contributed by atoms with Crippen molar-refractivity contribution in [2.45, 2.75) is 206 Å². The zero-order chi connectivity index (χ0) is 40.3. The quantitative estimate of drug-likeness (QED) is 0.0327. The summed E-state index contributed by atoms with van der Waals surface area (Å²) >= 11 is 0. The molecule has 0 saturated carbocycles. The van der Waals surface area contributed by atoms with Crippen LogP contribution < -0.4 is 5.32 Å². The minimum atomic E-state index is -4.36. The molecule has 2 unspecified atom stereocenters. The minimum Gasteiger partial charge on any atom is -0.387 e. The first-order valence-corrected chi connectivity index (χ1v) is 23.9. The Morgan fingerprint density at radius 2 is 0.873 bits per heavy atom. The molecule has 0 saturated heterocycles. The summed E-state index contributed by atoms with van der Waals surface area (Å²) in [6.45, 7) is 4.41. The van der Waals surface area contributed by atoms with Gasteiger partial charge in [0.1, 0.15) is 0 Å². The normalized spacial score (nSPS) is 14.0. The summed E-state index contributed by atoms with van der Waals surface area (Å²) in [5.74, 6) is -1.02. The lowest BCUT2D eigenvalue weighted by molar-refractivity contribution is -0.122. The molecule has 0 heterocycles. The van der Waals surface area contributed by atoms with E-state index in [0.717, 1.165) is 83.5 Å². The third kappa shape index (κ3) is 42.5. The van der Waals surface area contributed by atoms with E-state index in [1.54, 1.807) is 6.08 Å². The summed E-state index contributed by atoms with van der Waals surface area (Å²) < 4.78 is 32.6. The van der Waals surface area contributed by atoms with E-state index in [1.807, 2.05) is 6.08 Å². The van der Waals surface area contributed by atoms with E-state index in [0.29, 0.717) is 6.42 Å². The van der Waals surface area contributed by atoms with Crippen molar-refractivity contribution in [3.05, 3.63) is 85.1 Å². The SMILES string of the molecule is CC/C=C\C/C=C\C/C=C\C/C=C\C/C=C\C/C=C\CCCCCCC(=O)NC(CS(=O)(=O)O)C(O)/C=C/CCCCCCCCCCCCCCCCC. The van der Waals surface area contributed by atoms with Crippen molar-refractivity contribution < 1.29 is 22.9 Å². The van der Waals surface area contributed by atoms with Gasteiger partial charge in [0.15, 0.2) is 0 Å². The van der Waals surface area contributed by atoms with Gasteiger partial charge in [-0.1, -0.05) is 202 Å². The van der Waals surface area contributed by atoms with E-state index < -0.39 is 28.0 Å². The third-order valence-corrected chi connectivity index (χ3v) is 10.4. The third-order valence-electron chi connectivity index (χ3n) is 9.58. The Labute approximate surface area is 339 Å². The lowest BCUT2D eigenvalue weighted by atomic mass is 10.0. The summed E-state index contributed by atoms with van der Waals surface area (Å²) in [5.41, 5.74) is 0. The summed E-state index contributed by atoms with van der Waals surface area (Å²) in [5, 5.41) is 13.2. The van der Waals surface area contributed by atoms with Gasteiger partial charge in [-0.15, -0.1) is 0 Å². The second-order valence-corrected chi connectivity index (χ2v) is 16.4. The van der Waals surface area contributed by atoms with Crippen LogP contribution in [-0.2, 0) is 14.9 Å². The molecule has 3 N–H and O–H groups in total. The molecule has 0 spiro atoms. The molecule has 0 aliphatic heterocycles. The monoisotopic (exact) mass is 786 g/mol. The highest BCUT2D eigenvalue weighted by molar-refractivity contribution is 7.85. The maximum atomic E-state index is 12.5. The van der Waals surface area contributed by atoms with Crippen LogP contribution in [0.5, 0.6) is 0 Å². The first-order chi connectivity index (χ1) is 26.8. The number of amides is 1. The van der Waals surface area contributed by atoms with Crippen LogP contribution in [0.4, 0.5) is 0 Å².